The summed E-state index contributed by atoms with van der Waals surface area (Å²) in [4.78, 5) is 0. The zero-order chi connectivity index (χ0) is 14.4. The third-order valence-electron chi connectivity index (χ3n) is 3.60. The molecule has 0 bridgehead atoms. The van der Waals surface area contributed by atoms with Crippen LogP contribution in [0.2, 0.25) is 0 Å². The van der Waals surface area contributed by atoms with E-state index in [1.165, 1.54) is 26.7 Å². The maximum atomic E-state index is 5.59. The first-order valence-electron chi connectivity index (χ1n) is 6.77. The Morgan fingerprint density at radius 2 is 1.79 bits per heavy atom. The van der Waals surface area contributed by atoms with E-state index in [2.05, 4.69) is 42.0 Å². The van der Waals surface area contributed by atoms with Gasteiger partial charge in [-0.15, -0.1) is 0 Å². The summed E-state index contributed by atoms with van der Waals surface area (Å²) in [5.74, 6) is 1.00. The van der Waals surface area contributed by atoms with E-state index in [0.29, 0.717) is 0 Å². The van der Waals surface area contributed by atoms with E-state index >= 15 is 0 Å². The molecule has 0 aliphatic carbocycles. The molecule has 1 aromatic rings. The van der Waals surface area contributed by atoms with Crippen molar-refractivity contribution < 1.29 is 4.74 Å². The Morgan fingerprint density at radius 1 is 1.11 bits per heavy atom. The molecule has 108 valence electrons. The molecule has 0 aliphatic heterocycles. The van der Waals surface area contributed by atoms with Crippen LogP contribution in [0.3, 0.4) is 0 Å². The first kappa shape index (κ1) is 16.5. The van der Waals surface area contributed by atoms with Gasteiger partial charge in [0.1, 0.15) is 5.75 Å². The number of methoxy groups -OCH3 is 1. The lowest BCUT2D eigenvalue weighted by atomic mass is 9.99. The van der Waals surface area contributed by atoms with E-state index in [0.717, 1.165) is 38.2 Å². The molecule has 0 radical (unpaired) electrons. The first-order chi connectivity index (χ1) is 9.04. The summed E-state index contributed by atoms with van der Waals surface area (Å²) in [5, 5.41) is 3.47. The Balaban J connectivity index is 2.87. The van der Waals surface area contributed by atoms with Gasteiger partial charge in [0.15, 0.2) is 0 Å². The van der Waals surface area contributed by atoms with E-state index in [9.17, 15) is 0 Å². The summed E-state index contributed by atoms with van der Waals surface area (Å²) in [6.07, 6.45) is 2.18. The van der Waals surface area contributed by atoms with Crippen LogP contribution in [0.25, 0.3) is 0 Å². The van der Waals surface area contributed by atoms with Gasteiger partial charge in [0.2, 0.25) is 0 Å². The van der Waals surface area contributed by atoms with E-state index in [1.54, 1.807) is 7.11 Å². The fraction of sp³-hybridized carbons (Fsp3) is 0.600. The number of rotatable bonds is 7. The quantitative estimate of drug-likeness (QED) is 0.755. The predicted octanol–water partition coefficient (Wildman–Crippen LogP) is 3.21. The van der Waals surface area contributed by atoms with E-state index in [4.69, 9.17) is 10.5 Å². The molecule has 0 aromatic heterocycles. The van der Waals surface area contributed by atoms with Crippen molar-refractivity contribution in [2.75, 3.05) is 20.2 Å². The summed E-state index contributed by atoms with van der Waals surface area (Å²) in [6, 6.07) is 0. The fourth-order valence-corrected chi connectivity index (χ4v) is 2.78. The van der Waals surface area contributed by atoms with Crippen molar-refractivity contribution in [3.63, 3.8) is 0 Å². The highest BCUT2D eigenvalue weighted by atomic mass is 79.9. The van der Waals surface area contributed by atoms with Crippen LogP contribution in [-0.4, -0.2) is 20.2 Å². The average molecular weight is 329 g/mol. The second kappa shape index (κ2) is 7.88. The van der Waals surface area contributed by atoms with Gasteiger partial charge in [-0.1, -0.05) is 15.9 Å². The highest BCUT2D eigenvalue weighted by Crippen LogP contribution is 2.35. The molecule has 0 amide bonds. The Hall–Kier alpha value is -0.580. The molecule has 0 saturated heterocycles. The molecule has 3 N–H and O–H groups in total. The van der Waals surface area contributed by atoms with Crippen molar-refractivity contribution >= 4 is 15.9 Å². The fourth-order valence-electron chi connectivity index (χ4n) is 2.24. The Bertz CT molecular complexity index is 433. The molecule has 4 heteroatoms. The molecule has 3 nitrogen and oxygen atoms in total. The van der Waals surface area contributed by atoms with Gasteiger partial charge in [0.25, 0.3) is 0 Å². The molecular formula is C15H25BrN2O. The second-order valence-corrected chi connectivity index (χ2v) is 5.67. The Morgan fingerprint density at radius 3 is 2.37 bits per heavy atom. The summed E-state index contributed by atoms with van der Waals surface area (Å²) in [5.41, 5.74) is 10.4. The number of halogens is 1. The molecule has 0 saturated carbocycles. The predicted molar refractivity (Wildman–Crippen MR) is 84.9 cm³/mol. The van der Waals surface area contributed by atoms with Crippen molar-refractivity contribution in [1.82, 2.24) is 5.32 Å². The first-order valence-corrected chi connectivity index (χ1v) is 7.56. The van der Waals surface area contributed by atoms with Crippen LogP contribution in [0, 0.1) is 20.8 Å². The minimum absolute atomic E-state index is 0.763. The van der Waals surface area contributed by atoms with Gasteiger partial charge in [-0.25, -0.2) is 0 Å². The lowest BCUT2D eigenvalue weighted by molar-refractivity contribution is 0.403. The van der Waals surface area contributed by atoms with Crippen molar-refractivity contribution in [3.05, 3.63) is 26.7 Å². The molecule has 19 heavy (non-hydrogen) atoms. The van der Waals surface area contributed by atoms with Gasteiger partial charge in [-0.2, -0.15) is 0 Å². The second-order valence-electron chi connectivity index (χ2n) is 4.87. The van der Waals surface area contributed by atoms with Crippen LogP contribution >= 0.6 is 15.9 Å². The molecule has 0 atom stereocenters. The summed E-state index contributed by atoms with van der Waals surface area (Å²) in [6.45, 7) is 8.95. The molecule has 0 aliphatic rings. The molecule has 0 unspecified atom stereocenters. The maximum absolute atomic E-state index is 5.59. The van der Waals surface area contributed by atoms with Crippen LogP contribution in [0.15, 0.2) is 4.47 Å². The van der Waals surface area contributed by atoms with E-state index in [1.807, 2.05) is 0 Å². The third-order valence-corrected chi connectivity index (χ3v) is 4.79. The van der Waals surface area contributed by atoms with Crippen LogP contribution < -0.4 is 15.8 Å². The normalized spacial score (nSPS) is 10.8. The van der Waals surface area contributed by atoms with E-state index < -0.39 is 0 Å². The van der Waals surface area contributed by atoms with Crippen LogP contribution in [0.1, 0.15) is 35.1 Å². The topological polar surface area (TPSA) is 47.3 Å². The third kappa shape index (κ3) is 3.94. The maximum Gasteiger partial charge on any atom is 0.126 e. The smallest absolute Gasteiger partial charge is 0.126 e. The van der Waals surface area contributed by atoms with Crippen LogP contribution in [0.5, 0.6) is 5.75 Å². The zero-order valence-corrected chi connectivity index (χ0v) is 14.0. The number of hydrogen-bond donors (Lipinski definition) is 2. The Kier molecular flexibility index (Phi) is 6.83. The minimum Gasteiger partial charge on any atom is -0.496 e. The zero-order valence-electron chi connectivity index (χ0n) is 12.4. The number of benzene rings is 1. The molecule has 0 heterocycles. The summed E-state index contributed by atoms with van der Waals surface area (Å²) >= 11 is 3.68. The van der Waals surface area contributed by atoms with Gasteiger partial charge < -0.3 is 15.8 Å². The molecular weight excluding hydrogens is 304 g/mol. The van der Waals surface area contributed by atoms with E-state index in [-0.39, 0.29) is 0 Å². The molecule has 1 aromatic carbocycles. The van der Waals surface area contributed by atoms with Gasteiger partial charge in [0, 0.05) is 16.6 Å². The van der Waals surface area contributed by atoms with Crippen molar-refractivity contribution in [1.29, 1.82) is 0 Å². The van der Waals surface area contributed by atoms with Gasteiger partial charge in [-0.05, 0) is 63.4 Å². The number of ether oxygens (including phenoxy) is 1. The number of unbranched alkanes of at least 4 members (excludes halogenated alkanes) is 1. The lowest BCUT2D eigenvalue weighted by Crippen LogP contribution is -2.18. The summed E-state index contributed by atoms with van der Waals surface area (Å²) < 4.78 is 6.77. The Labute approximate surface area is 125 Å². The van der Waals surface area contributed by atoms with Crippen LogP contribution in [-0.2, 0) is 6.54 Å². The standard InChI is InChI=1S/C15H25BrN2O/c1-10-11(2)15(19-4)13(12(3)14(10)16)9-18-8-6-5-7-17/h18H,5-9,17H2,1-4H3. The molecule has 0 fully saturated rings. The average Bonchev–Trinajstić information content (AvgIpc) is 2.41. The van der Waals surface area contributed by atoms with Gasteiger partial charge in [-0.3, -0.25) is 0 Å². The van der Waals surface area contributed by atoms with Gasteiger partial charge in [0.05, 0.1) is 7.11 Å². The summed E-state index contributed by atoms with van der Waals surface area (Å²) in [7, 11) is 1.74. The lowest BCUT2D eigenvalue weighted by Gasteiger charge is -2.19. The monoisotopic (exact) mass is 328 g/mol. The highest BCUT2D eigenvalue weighted by Gasteiger charge is 2.16. The largest absolute Gasteiger partial charge is 0.496 e. The number of nitrogens with two attached hydrogens (primary N) is 1. The SMILES string of the molecule is COc1c(C)c(C)c(Br)c(C)c1CNCCCCN. The number of hydrogen-bond acceptors (Lipinski definition) is 3. The highest BCUT2D eigenvalue weighted by molar-refractivity contribution is 9.10. The van der Waals surface area contributed by atoms with Crippen molar-refractivity contribution in [2.24, 2.45) is 5.73 Å². The van der Waals surface area contributed by atoms with Crippen molar-refractivity contribution in [2.45, 2.75) is 40.2 Å². The number of nitrogens with one attached hydrogen (secondary N) is 1. The van der Waals surface area contributed by atoms with Crippen LogP contribution in [0.4, 0.5) is 0 Å². The van der Waals surface area contributed by atoms with Crippen molar-refractivity contribution in [3.8, 4) is 5.75 Å². The van der Waals surface area contributed by atoms with Gasteiger partial charge >= 0.3 is 0 Å². The minimum atomic E-state index is 0.763. The molecule has 1 rings (SSSR count). The molecule has 0 spiro atoms.